The standard InChI is InChI=1S/C15H16O/c1-2-15(16-11-1)14-9-7-13(8-10-14)6-5-12-3-4-12/h1-2,7-12H,3-6H2. The molecule has 1 saturated carbocycles. The van der Waals surface area contributed by atoms with Gasteiger partial charge in [0.25, 0.3) is 0 Å². The molecule has 0 atom stereocenters. The molecule has 2 aromatic rings. The lowest BCUT2D eigenvalue weighted by molar-refractivity contribution is 0.582. The number of benzene rings is 1. The van der Waals surface area contributed by atoms with E-state index >= 15 is 0 Å². The molecule has 0 saturated heterocycles. The summed E-state index contributed by atoms with van der Waals surface area (Å²) in [6.07, 6.45) is 7.20. The molecule has 1 aliphatic rings. The summed E-state index contributed by atoms with van der Waals surface area (Å²) >= 11 is 0. The first-order chi connectivity index (χ1) is 7.92. The van der Waals surface area contributed by atoms with Gasteiger partial charge >= 0.3 is 0 Å². The molecule has 1 heteroatoms. The highest BCUT2D eigenvalue weighted by Crippen LogP contribution is 2.33. The van der Waals surface area contributed by atoms with E-state index in [0.29, 0.717) is 0 Å². The zero-order valence-electron chi connectivity index (χ0n) is 9.36. The lowest BCUT2D eigenvalue weighted by Crippen LogP contribution is -1.86. The number of hydrogen-bond donors (Lipinski definition) is 0. The highest BCUT2D eigenvalue weighted by atomic mass is 16.3. The molecule has 0 spiro atoms. The molecule has 1 aliphatic carbocycles. The molecule has 0 N–H and O–H groups in total. The van der Waals surface area contributed by atoms with Crippen LogP contribution in [0.4, 0.5) is 0 Å². The summed E-state index contributed by atoms with van der Waals surface area (Å²) in [7, 11) is 0. The van der Waals surface area contributed by atoms with Gasteiger partial charge in [-0.05, 0) is 36.5 Å². The Morgan fingerprint density at radius 3 is 2.50 bits per heavy atom. The smallest absolute Gasteiger partial charge is 0.133 e. The van der Waals surface area contributed by atoms with Gasteiger partial charge in [-0.1, -0.05) is 37.1 Å². The molecule has 0 aliphatic heterocycles. The molecule has 3 rings (SSSR count). The Morgan fingerprint density at radius 2 is 1.88 bits per heavy atom. The predicted molar refractivity (Wildman–Crippen MR) is 65.2 cm³/mol. The SMILES string of the molecule is c1coc(-c2ccc(CCC3CC3)cc2)c1. The molecule has 1 heterocycles. The minimum atomic E-state index is 0.953. The molecule has 0 amide bonds. The maximum Gasteiger partial charge on any atom is 0.133 e. The van der Waals surface area contributed by atoms with Crippen molar-refractivity contribution in [3.8, 4) is 11.3 Å². The highest BCUT2D eigenvalue weighted by Gasteiger charge is 2.20. The molecular weight excluding hydrogens is 196 g/mol. The zero-order valence-corrected chi connectivity index (χ0v) is 9.36. The molecule has 82 valence electrons. The van der Waals surface area contributed by atoms with E-state index < -0.39 is 0 Å². The Bertz CT molecular complexity index is 435. The van der Waals surface area contributed by atoms with Crippen LogP contribution in [0.1, 0.15) is 24.8 Å². The van der Waals surface area contributed by atoms with E-state index in [1.54, 1.807) is 6.26 Å². The van der Waals surface area contributed by atoms with E-state index in [-0.39, 0.29) is 0 Å². The summed E-state index contributed by atoms with van der Waals surface area (Å²) in [4.78, 5) is 0. The Hall–Kier alpha value is -1.50. The van der Waals surface area contributed by atoms with Gasteiger partial charge in [0, 0.05) is 5.56 Å². The van der Waals surface area contributed by atoms with Gasteiger partial charge in [0.2, 0.25) is 0 Å². The van der Waals surface area contributed by atoms with Crippen molar-refractivity contribution in [1.82, 2.24) is 0 Å². The molecule has 1 aromatic heterocycles. The van der Waals surface area contributed by atoms with Crippen LogP contribution in [0, 0.1) is 5.92 Å². The quantitative estimate of drug-likeness (QED) is 0.736. The fourth-order valence-electron chi connectivity index (χ4n) is 2.06. The van der Waals surface area contributed by atoms with Crippen LogP contribution in [0.3, 0.4) is 0 Å². The first kappa shape index (κ1) is 9.71. The van der Waals surface area contributed by atoms with Crippen LogP contribution >= 0.6 is 0 Å². The minimum absolute atomic E-state index is 0.953. The molecule has 1 aromatic carbocycles. The number of hydrogen-bond acceptors (Lipinski definition) is 1. The zero-order chi connectivity index (χ0) is 10.8. The Morgan fingerprint density at radius 1 is 1.06 bits per heavy atom. The van der Waals surface area contributed by atoms with Gasteiger partial charge in [0.1, 0.15) is 5.76 Å². The Balaban J connectivity index is 1.69. The molecule has 1 fully saturated rings. The monoisotopic (exact) mass is 212 g/mol. The van der Waals surface area contributed by atoms with Crippen molar-refractivity contribution in [3.05, 3.63) is 48.2 Å². The lowest BCUT2D eigenvalue weighted by Gasteiger charge is -2.01. The topological polar surface area (TPSA) is 13.1 Å². The first-order valence-corrected chi connectivity index (χ1v) is 6.04. The van der Waals surface area contributed by atoms with Crippen LogP contribution < -0.4 is 0 Å². The normalized spacial score (nSPS) is 15.2. The summed E-state index contributed by atoms with van der Waals surface area (Å²) in [5.41, 5.74) is 2.61. The van der Waals surface area contributed by atoms with Gasteiger partial charge in [-0.25, -0.2) is 0 Å². The second-order valence-corrected chi connectivity index (χ2v) is 4.66. The van der Waals surface area contributed by atoms with Gasteiger partial charge in [0.15, 0.2) is 0 Å². The third-order valence-corrected chi connectivity index (χ3v) is 3.30. The maximum absolute atomic E-state index is 5.37. The third-order valence-electron chi connectivity index (χ3n) is 3.30. The molecule has 0 unspecified atom stereocenters. The number of aryl methyl sites for hydroxylation is 1. The summed E-state index contributed by atoms with van der Waals surface area (Å²) in [6.45, 7) is 0. The van der Waals surface area contributed by atoms with Crippen molar-refractivity contribution in [2.24, 2.45) is 5.92 Å². The van der Waals surface area contributed by atoms with Crippen LogP contribution in [0.15, 0.2) is 47.1 Å². The van der Waals surface area contributed by atoms with E-state index in [9.17, 15) is 0 Å². The molecular formula is C15H16O. The number of furan rings is 1. The summed E-state index contributed by atoms with van der Waals surface area (Å²) < 4.78 is 5.37. The Kier molecular flexibility index (Phi) is 2.53. The second-order valence-electron chi connectivity index (χ2n) is 4.66. The van der Waals surface area contributed by atoms with E-state index in [1.165, 1.54) is 36.8 Å². The van der Waals surface area contributed by atoms with Crippen LogP contribution in [0.5, 0.6) is 0 Å². The van der Waals surface area contributed by atoms with Gasteiger partial charge < -0.3 is 4.42 Å². The summed E-state index contributed by atoms with van der Waals surface area (Å²) in [5.74, 6) is 1.97. The third kappa shape index (κ3) is 2.19. The number of rotatable bonds is 4. The molecule has 0 radical (unpaired) electrons. The molecule has 0 bridgehead atoms. The largest absolute Gasteiger partial charge is 0.464 e. The average molecular weight is 212 g/mol. The van der Waals surface area contributed by atoms with Crippen molar-refractivity contribution in [2.45, 2.75) is 25.7 Å². The van der Waals surface area contributed by atoms with Crippen LogP contribution in [-0.2, 0) is 6.42 Å². The summed E-state index contributed by atoms with van der Waals surface area (Å²) in [5, 5.41) is 0. The van der Waals surface area contributed by atoms with Crippen molar-refractivity contribution >= 4 is 0 Å². The minimum Gasteiger partial charge on any atom is -0.464 e. The molecule has 1 nitrogen and oxygen atoms in total. The predicted octanol–water partition coefficient (Wildman–Crippen LogP) is 4.29. The average Bonchev–Trinajstić information content (AvgIpc) is 3.00. The van der Waals surface area contributed by atoms with E-state index in [1.807, 2.05) is 12.1 Å². The van der Waals surface area contributed by atoms with Gasteiger partial charge in [-0.2, -0.15) is 0 Å². The van der Waals surface area contributed by atoms with Crippen LogP contribution in [-0.4, -0.2) is 0 Å². The van der Waals surface area contributed by atoms with E-state index in [0.717, 1.165) is 11.7 Å². The summed E-state index contributed by atoms with van der Waals surface area (Å²) in [6, 6.07) is 12.7. The van der Waals surface area contributed by atoms with Crippen molar-refractivity contribution in [3.63, 3.8) is 0 Å². The fraction of sp³-hybridized carbons (Fsp3) is 0.333. The maximum atomic E-state index is 5.37. The van der Waals surface area contributed by atoms with E-state index in [2.05, 4.69) is 24.3 Å². The van der Waals surface area contributed by atoms with Crippen LogP contribution in [0.25, 0.3) is 11.3 Å². The van der Waals surface area contributed by atoms with Crippen molar-refractivity contribution in [2.75, 3.05) is 0 Å². The molecule has 16 heavy (non-hydrogen) atoms. The van der Waals surface area contributed by atoms with Gasteiger partial charge in [-0.15, -0.1) is 0 Å². The highest BCUT2D eigenvalue weighted by molar-refractivity contribution is 5.57. The lowest BCUT2D eigenvalue weighted by atomic mass is 10.0. The van der Waals surface area contributed by atoms with Crippen molar-refractivity contribution < 1.29 is 4.42 Å². The second kappa shape index (κ2) is 4.17. The van der Waals surface area contributed by atoms with Crippen LogP contribution in [0.2, 0.25) is 0 Å². The fourth-order valence-corrected chi connectivity index (χ4v) is 2.06. The Labute approximate surface area is 96.1 Å². The van der Waals surface area contributed by atoms with Gasteiger partial charge in [-0.3, -0.25) is 0 Å². The van der Waals surface area contributed by atoms with Crippen molar-refractivity contribution in [1.29, 1.82) is 0 Å². The van der Waals surface area contributed by atoms with E-state index in [4.69, 9.17) is 4.42 Å². The van der Waals surface area contributed by atoms with Gasteiger partial charge in [0.05, 0.1) is 6.26 Å². The first-order valence-electron chi connectivity index (χ1n) is 6.04.